The molecule has 1 spiro atoms. The van der Waals surface area contributed by atoms with E-state index < -0.39 is 90.8 Å². The summed E-state index contributed by atoms with van der Waals surface area (Å²) < 4.78 is 63.7. The Morgan fingerprint density at radius 1 is 0.887 bits per heavy atom. The monoisotopic (exact) mass is 872 g/mol. The lowest BCUT2D eigenvalue weighted by Crippen LogP contribution is -2.58. The third-order valence-electron chi connectivity index (χ3n) is 14.5. The average molecular weight is 873 g/mol. The first-order valence-corrected chi connectivity index (χ1v) is 22.9. The van der Waals surface area contributed by atoms with Gasteiger partial charge in [-0.3, -0.25) is 4.79 Å². The maximum atomic E-state index is 14.3. The molecule has 1 aliphatic carbocycles. The largest absolute Gasteiger partial charge is 0.462 e. The van der Waals surface area contributed by atoms with Gasteiger partial charge in [0.1, 0.15) is 42.0 Å². The van der Waals surface area contributed by atoms with Crippen LogP contribution >= 0.6 is 0 Å². The Morgan fingerprint density at radius 2 is 1.60 bits per heavy atom. The van der Waals surface area contributed by atoms with E-state index in [2.05, 4.69) is 39.8 Å². The van der Waals surface area contributed by atoms with Gasteiger partial charge in [0, 0.05) is 51.7 Å². The molecule has 6 aliphatic heterocycles. The van der Waals surface area contributed by atoms with E-state index in [1.807, 2.05) is 32.1 Å². The number of hydrogen-bond donors (Lipinski definition) is 3. The van der Waals surface area contributed by atoms with Crippen LogP contribution in [0.25, 0.3) is 0 Å². The normalized spacial score (nSPS) is 49.1. The Morgan fingerprint density at radius 3 is 2.32 bits per heavy atom. The molecule has 7 rings (SSSR count). The minimum absolute atomic E-state index is 0.0317. The Balaban J connectivity index is 1.18. The van der Waals surface area contributed by atoms with Gasteiger partial charge in [0.2, 0.25) is 0 Å². The standard InChI is InChI=1S/C48H72O14/c1-11-25(2)43-28(5)17-18-47(62-43)23-34-20-33(61-47)16-15-27(4)42(26(3)13-12-14-32-24-55-45-40(49)29(6)19-35(46(51)58-34)48(32,45)52)59-39-22-37(54-10)44(31(8)57-39)60-38-21-36(53-9)41(50)30(7)56-38/h12-15,17-19,25-26,28,30-31,33-45,49-50,52H,11,16,20-24H2,1-10H3/b13-12+,27-15-,32-14-/t25?,26-,28-,30-,31-,33+,34+,35-,36-,37-,38-,39-,40+,41-,42+,43+,44-,45-,47-,48-/m0/s1. The van der Waals surface area contributed by atoms with Gasteiger partial charge in [-0.15, -0.1) is 0 Å². The zero-order valence-electron chi connectivity index (χ0n) is 38.2. The highest BCUT2D eigenvalue weighted by Gasteiger charge is 2.60. The number of fused-ring (bicyclic) bond motifs is 2. The Hall–Kier alpha value is -2.31. The molecule has 0 aromatic carbocycles. The lowest BCUT2D eigenvalue weighted by Gasteiger charge is -2.48. The molecule has 6 heterocycles. The lowest BCUT2D eigenvalue weighted by atomic mass is 9.71. The summed E-state index contributed by atoms with van der Waals surface area (Å²) in [5.41, 5.74) is 0.134. The van der Waals surface area contributed by atoms with E-state index in [0.717, 1.165) is 12.0 Å². The molecule has 0 amide bonds. The molecule has 14 heteroatoms. The molecule has 4 fully saturated rings. The van der Waals surface area contributed by atoms with Gasteiger partial charge >= 0.3 is 5.97 Å². The molecule has 7 aliphatic rings. The first kappa shape index (κ1) is 47.6. The number of hydrogen-bond acceptors (Lipinski definition) is 14. The van der Waals surface area contributed by atoms with Crippen molar-refractivity contribution >= 4 is 5.97 Å². The van der Waals surface area contributed by atoms with E-state index in [0.29, 0.717) is 43.3 Å². The van der Waals surface area contributed by atoms with Gasteiger partial charge < -0.3 is 62.7 Å². The molecule has 2 bridgehead atoms. The maximum absolute atomic E-state index is 14.3. The van der Waals surface area contributed by atoms with E-state index in [1.165, 1.54) is 0 Å². The minimum Gasteiger partial charge on any atom is -0.462 e. The summed E-state index contributed by atoms with van der Waals surface area (Å²) in [5, 5.41) is 34.2. The number of aliphatic hydroxyl groups is 3. The lowest BCUT2D eigenvalue weighted by molar-refractivity contribution is -0.318. The van der Waals surface area contributed by atoms with Crippen LogP contribution in [0.5, 0.6) is 0 Å². The van der Waals surface area contributed by atoms with Crippen LogP contribution in [-0.4, -0.2) is 139 Å². The smallest absolute Gasteiger partial charge is 0.316 e. The summed E-state index contributed by atoms with van der Waals surface area (Å²) in [6.07, 6.45) is 8.55. The van der Waals surface area contributed by atoms with E-state index in [9.17, 15) is 20.1 Å². The molecule has 14 nitrogen and oxygen atoms in total. The van der Waals surface area contributed by atoms with Crippen molar-refractivity contribution in [2.24, 2.45) is 23.7 Å². The molecular weight excluding hydrogens is 801 g/mol. The Bertz CT molecular complexity index is 1730. The van der Waals surface area contributed by atoms with E-state index >= 15 is 0 Å². The van der Waals surface area contributed by atoms with Gasteiger partial charge in [-0.2, -0.15) is 0 Å². The fourth-order valence-corrected chi connectivity index (χ4v) is 10.6. The third-order valence-corrected chi connectivity index (χ3v) is 14.5. The van der Waals surface area contributed by atoms with Gasteiger partial charge in [-0.25, -0.2) is 0 Å². The van der Waals surface area contributed by atoms with Gasteiger partial charge in [0.05, 0.1) is 49.3 Å². The van der Waals surface area contributed by atoms with Crippen LogP contribution in [0.15, 0.2) is 59.3 Å². The summed E-state index contributed by atoms with van der Waals surface area (Å²) in [6, 6.07) is 0. The van der Waals surface area contributed by atoms with Crippen LogP contribution in [-0.2, 0) is 52.2 Å². The third kappa shape index (κ3) is 9.64. The van der Waals surface area contributed by atoms with Crippen LogP contribution in [0.2, 0.25) is 0 Å². The van der Waals surface area contributed by atoms with Gasteiger partial charge in [0.15, 0.2) is 18.4 Å². The molecule has 62 heavy (non-hydrogen) atoms. The molecular formula is C48H72O14. The maximum Gasteiger partial charge on any atom is 0.316 e. The predicted octanol–water partition coefficient (Wildman–Crippen LogP) is 5.38. The van der Waals surface area contributed by atoms with Crippen molar-refractivity contribution in [3.8, 4) is 0 Å². The second-order valence-corrected chi connectivity index (χ2v) is 19.0. The van der Waals surface area contributed by atoms with Crippen LogP contribution in [0.3, 0.4) is 0 Å². The highest BCUT2D eigenvalue weighted by Crippen LogP contribution is 2.47. The highest BCUT2D eigenvalue weighted by atomic mass is 16.7. The summed E-state index contributed by atoms with van der Waals surface area (Å²) in [6.45, 7) is 16.1. The van der Waals surface area contributed by atoms with E-state index in [4.69, 9.17) is 47.4 Å². The molecule has 4 saturated heterocycles. The minimum atomic E-state index is -1.84. The number of aliphatic hydroxyl groups excluding tert-OH is 2. The highest BCUT2D eigenvalue weighted by molar-refractivity contribution is 5.78. The van der Waals surface area contributed by atoms with Crippen molar-refractivity contribution in [2.45, 2.75) is 191 Å². The van der Waals surface area contributed by atoms with Crippen molar-refractivity contribution in [3.63, 3.8) is 0 Å². The van der Waals surface area contributed by atoms with E-state index in [1.54, 1.807) is 40.2 Å². The summed E-state index contributed by atoms with van der Waals surface area (Å²) in [5.74, 6) is -2.56. The number of carbonyl (C=O) groups is 1. The quantitative estimate of drug-likeness (QED) is 0.210. The van der Waals surface area contributed by atoms with Gasteiger partial charge in [-0.1, -0.05) is 70.6 Å². The SMILES string of the molecule is CCC(C)[C@H]1O[C@@]2(C=C[C@@H]1C)C[C@H]1C[C@@H](C/C=C(/C)[C@H](O[C@H]3C[C@H](OC)[C@@H](O[C@H]4C[C@H](OC)[C@@H](O)[C@H](C)O4)[C@H](C)O3)[C@@H](C)/C=C/C=C3/CO[C@H]4[C@H](O)C(C)=C[C@@H](C(=O)O1)[C@@]34O)O2. The molecule has 0 aromatic rings. The zero-order valence-corrected chi connectivity index (χ0v) is 38.2. The Labute approximate surface area is 367 Å². The topological polar surface area (TPSA) is 170 Å². The second-order valence-electron chi connectivity index (χ2n) is 19.0. The van der Waals surface area contributed by atoms with Crippen molar-refractivity contribution in [1.82, 2.24) is 0 Å². The summed E-state index contributed by atoms with van der Waals surface area (Å²) in [4.78, 5) is 14.3. The van der Waals surface area contributed by atoms with Crippen molar-refractivity contribution in [3.05, 3.63) is 59.3 Å². The summed E-state index contributed by atoms with van der Waals surface area (Å²) in [7, 11) is 3.22. The second kappa shape index (κ2) is 19.7. The van der Waals surface area contributed by atoms with E-state index in [-0.39, 0.29) is 42.7 Å². The number of rotatable bonds is 8. The molecule has 1 unspecified atom stereocenters. The molecule has 20 atom stereocenters. The fourth-order valence-electron chi connectivity index (χ4n) is 10.6. The number of ether oxygens (including phenoxy) is 10. The molecule has 3 N–H and O–H groups in total. The first-order chi connectivity index (χ1) is 29.5. The molecule has 0 aromatic heterocycles. The van der Waals surface area contributed by atoms with Crippen molar-refractivity contribution < 1.29 is 67.5 Å². The fraction of sp³-hybridized carbons (Fsp3) is 0.771. The van der Waals surface area contributed by atoms with Gasteiger partial charge in [0.25, 0.3) is 0 Å². The van der Waals surface area contributed by atoms with Crippen LogP contribution in [0.1, 0.15) is 93.9 Å². The average Bonchev–Trinajstić information content (AvgIpc) is 3.58. The molecule has 0 saturated carbocycles. The molecule has 348 valence electrons. The van der Waals surface area contributed by atoms with Crippen LogP contribution in [0.4, 0.5) is 0 Å². The van der Waals surface area contributed by atoms with Crippen LogP contribution in [0, 0.1) is 23.7 Å². The number of carbonyl (C=O) groups excluding carboxylic acids is 1. The van der Waals surface area contributed by atoms with Crippen molar-refractivity contribution in [2.75, 3.05) is 20.8 Å². The first-order valence-electron chi connectivity index (χ1n) is 22.9. The van der Waals surface area contributed by atoms with Gasteiger partial charge in [-0.05, 0) is 62.8 Å². The number of esters is 1. The number of methoxy groups -OCH3 is 2. The molecule has 0 radical (unpaired) electrons. The number of allylic oxidation sites excluding steroid dienone is 2. The van der Waals surface area contributed by atoms with Crippen molar-refractivity contribution in [1.29, 1.82) is 0 Å². The zero-order chi connectivity index (χ0) is 44.7. The summed E-state index contributed by atoms with van der Waals surface area (Å²) >= 11 is 0. The van der Waals surface area contributed by atoms with Crippen LogP contribution < -0.4 is 0 Å². The predicted molar refractivity (Wildman–Crippen MR) is 227 cm³/mol. The Kier molecular flexibility index (Phi) is 15.1.